The summed E-state index contributed by atoms with van der Waals surface area (Å²) in [6.45, 7) is 15.9. The number of nitrogens with zero attached hydrogens (tertiary/aromatic N) is 1. The molecule has 0 aliphatic rings. The first-order valence-corrected chi connectivity index (χ1v) is 16.6. The van der Waals surface area contributed by atoms with Crippen LogP contribution in [-0.4, -0.2) is 69.1 Å². The molecule has 0 saturated carbocycles. The number of hydrogen-bond donors (Lipinski definition) is 4. The van der Waals surface area contributed by atoms with E-state index in [0.29, 0.717) is 12.8 Å². The molecule has 12 nitrogen and oxygen atoms in total. The Labute approximate surface area is 290 Å². The molecule has 0 fully saturated rings. The van der Waals surface area contributed by atoms with Crippen LogP contribution in [0.5, 0.6) is 5.75 Å². The van der Waals surface area contributed by atoms with Gasteiger partial charge in [-0.15, -0.1) is 0 Å². The van der Waals surface area contributed by atoms with Crippen LogP contribution in [-0.2, 0) is 35.1 Å². The van der Waals surface area contributed by atoms with Gasteiger partial charge in [-0.1, -0.05) is 56.3 Å². The van der Waals surface area contributed by atoms with Crippen LogP contribution in [0.25, 0.3) is 0 Å². The van der Waals surface area contributed by atoms with E-state index in [0.717, 1.165) is 5.56 Å². The standard InChI is InChI=1S/C37H54N4O8/c1-23(2)18-19-24(3)41(33(45)28(22-30(38)43)40-35(47)49-37(7,8)9)31(26-16-13-17-27(42)21-26)32(44)39-29(34(46)48-36(4,5)6)20-25-14-11-10-12-15-25/h10-17,21,23-24,28-29,31,42H,18-20,22H2,1-9H3,(H2,38,43)(H,39,44)(H,40,47). The Balaban J connectivity index is 2.72. The molecule has 0 aromatic heterocycles. The van der Waals surface area contributed by atoms with Crippen LogP contribution in [0.4, 0.5) is 4.79 Å². The summed E-state index contributed by atoms with van der Waals surface area (Å²) in [4.78, 5) is 69.0. The van der Waals surface area contributed by atoms with Crippen LogP contribution in [0, 0.1) is 5.92 Å². The molecular formula is C37H54N4O8. The van der Waals surface area contributed by atoms with Gasteiger partial charge in [-0.05, 0) is 90.5 Å². The molecular weight excluding hydrogens is 628 g/mol. The first-order valence-electron chi connectivity index (χ1n) is 16.6. The monoisotopic (exact) mass is 682 g/mol. The molecule has 2 rings (SSSR count). The highest BCUT2D eigenvalue weighted by molar-refractivity contribution is 5.96. The molecule has 49 heavy (non-hydrogen) atoms. The summed E-state index contributed by atoms with van der Waals surface area (Å²) < 4.78 is 11.0. The number of carbonyl (C=O) groups excluding carboxylic acids is 5. The van der Waals surface area contributed by atoms with E-state index in [-0.39, 0.29) is 23.7 Å². The Bertz CT molecular complexity index is 1430. The quantitative estimate of drug-likeness (QED) is 0.191. The zero-order chi connectivity index (χ0) is 37.1. The fourth-order valence-electron chi connectivity index (χ4n) is 5.14. The zero-order valence-electron chi connectivity index (χ0n) is 30.2. The fourth-order valence-corrected chi connectivity index (χ4v) is 5.14. The molecule has 270 valence electrons. The van der Waals surface area contributed by atoms with Crippen LogP contribution in [0.2, 0.25) is 0 Å². The van der Waals surface area contributed by atoms with E-state index >= 15 is 0 Å². The second-order valence-corrected chi connectivity index (χ2v) is 14.7. The molecule has 0 bridgehead atoms. The summed E-state index contributed by atoms with van der Waals surface area (Å²) in [6, 6.07) is 10.3. The fraction of sp³-hybridized carbons (Fsp3) is 0.541. The van der Waals surface area contributed by atoms with Crippen molar-refractivity contribution in [2.24, 2.45) is 11.7 Å². The van der Waals surface area contributed by atoms with E-state index in [1.54, 1.807) is 54.5 Å². The Morgan fingerprint density at radius 2 is 1.43 bits per heavy atom. The van der Waals surface area contributed by atoms with Crippen molar-refractivity contribution < 1.29 is 38.6 Å². The Morgan fingerprint density at radius 1 is 0.816 bits per heavy atom. The van der Waals surface area contributed by atoms with E-state index in [1.807, 2.05) is 44.2 Å². The van der Waals surface area contributed by atoms with Gasteiger partial charge in [0.1, 0.15) is 35.1 Å². The summed E-state index contributed by atoms with van der Waals surface area (Å²) in [5.41, 5.74) is 4.76. The average molecular weight is 683 g/mol. The first kappa shape index (κ1) is 40.6. The van der Waals surface area contributed by atoms with Crippen LogP contribution in [0.15, 0.2) is 54.6 Å². The number of primary amides is 1. The van der Waals surface area contributed by atoms with Gasteiger partial charge in [-0.25, -0.2) is 9.59 Å². The number of carbonyl (C=O) groups is 5. The number of phenols is 1. The molecule has 2 aromatic rings. The number of nitrogens with one attached hydrogen (secondary N) is 2. The minimum absolute atomic E-state index is 0.0929. The molecule has 0 saturated heterocycles. The summed E-state index contributed by atoms with van der Waals surface area (Å²) in [6.07, 6.45) is -0.313. The molecule has 0 radical (unpaired) electrons. The van der Waals surface area contributed by atoms with Gasteiger partial charge in [0.15, 0.2) is 0 Å². The molecule has 4 unspecified atom stereocenters. The van der Waals surface area contributed by atoms with Gasteiger partial charge >= 0.3 is 12.1 Å². The summed E-state index contributed by atoms with van der Waals surface area (Å²) in [5.74, 6) is -2.97. The van der Waals surface area contributed by atoms with Crippen LogP contribution in [0.1, 0.15) is 98.7 Å². The minimum atomic E-state index is -1.49. The molecule has 2 aromatic carbocycles. The zero-order valence-corrected chi connectivity index (χ0v) is 30.2. The number of aromatic hydroxyl groups is 1. The van der Waals surface area contributed by atoms with Crippen molar-refractivity contribution in [2.75, 3.05) is 0 Å². The number of nitrogens with two attached hydrogens (primary N) is 1. The Kier molecular flexibility index (Phi) is 14.6. The van der Waals surface area contributed by atoms with Crippen molar-refractivity contribution in [3.63, 3.8) is 0 Å². The highest BCUT2D eigenvalue weighted by Gasteiger charge is 2.41. The number of phenolic OH excluding ortho intramolecular Hbond substituents is 1. The van der Waals surface area contributed by atoms with E-state index in [2.05, 4.69) is 10.6 Å². The van der Waals surface area contributed by atoms with Crippen molar-refractivity contribution in [2.45, 2.75) is 123 Å². The van der Waals surface area contributed by atoms with Crippen molar-refractivity contribution in [1.29, 1.82) is 0 Å². The number of alkyl carbamates (subject to hydrolysis) is 1. The third-order valence-corrected chi connectivity index (χ3v) is 7.29. The average Bonchev–Trinajstić information content (AvgIpc) is 2.96. The van der Waals surface area contributed by atoms with E-state index < -0.39 is 71.6 Å². The van der Waals surface area contributed by atoms with Gasteiger partial charge in [0, 0.05) is 12.5 Å². The second-order valence-electron chi connectivity index (χ2n) is 14.7. The lowest BCUT2D eigenvalue weighted by molar-refractivity contribution is -0.159. The number of esters is 1. The number of amides is 4. The summed E-state index contributed by atoms with van der Waals surface area (Å²) in [5, 5.41) is 15.8. The van der Waals surface area contributed by atoms with Gasteiger partial charge in [0.25, 0.3) is 0 Å². The van der Waals surface area contributed by atoms with E-state index in [4.69, 9.17) is 15.2 Å². The maximum atomic E-state index is 14.6. The van der Waals surface area contributed by atoms with Gasteiger partial charge < -0.3 is 35.8 Å². The van der Waals surface area contributed by atoms with Crippen molar-refractivity contribution in [3.8, 4) is 5.75 Å². The predicted molar refractivity (Wildman–Crippen MR) is 186 cm³/mol. The van der Waals surface area contributed by atoms with Crippen LogP contribution in [0.3, 0.4) is 0 Å². The lowest BCUT2D eigenvalue weighted by atomic mass is 9.96. The molecule has 4 amide bonds. The van der Waals surface area contributed by atoms with E-state index in [1.165, 1.54) is 23.1 Å². The first-order chi connectivity index (χ1) is 22.7. The van der Waals surface area contributed by atoms with Crippen LogP contribution < -0.4 is 16.4 Å². The molecule has 12 heteroatoms. The molecule has 0 aliphatic carbocycles. The van der Waals surface area contributed by atoms with Crippen molar-refractivity contribution >= 4 is 29.8 Å². The van der Waals surface area contributed by atoms with Gasteiger partial charge in [-0.3, -0.25) is 14.4 Å². The normalized spacial score (nSPS) is 14.2. The van der Waals surface area contributed by atoms with E-state index in [9.17, 15) is 29.1 Å². The Hall–Kier alpha value is -4.61. The maximum absolute atomic E-state index is 14.6. The summed E-state index contributed by atoms with van der Waals surface area (Å²) in [7, 11) is 0. The maximum Gasteiger partial charge on any atom is 0.408 e. The third kappa shape index (κ3) is 14.2. The smallest absolute Gasteiger partial charge is 0.408 e. The lowest BCUT2D eigenvalue weighted by Crippen LogP contribution is -2.57. The van der Waals surface area contributed by atoms with Gasteiger partial charge in [0.05, 0.1) is 6.42 Å². The van der Waals surface area contributed by atoms with Crippen molar-refractivity contribution in [1.82, 2.24) is 15.5 Å². The summed E-state index contributed by atoms with van der Waals surface area (Å²) >= 11 is 0. The van der Waals surface area contributed by atoms with Gasteiger partial charge in [0.2, 0.25) is 17.7 Å². The minimum Gasteiger partial charge on any atom is -0.508 e. The molecule has 0 spiro atoms. The van der Waals surface area contributed by atoms with Crippen molar-refractivity contribution in [3.05, 3.63) is 65.7 Å². The second kappa shape index (κ2) is 17.7. The topological polar surface area (TPSA) is 177 Å². The molecule has 4 atom stereocenters. The Morgan fingerprint density at radius 3 is 1.96 bits per heavy atom. The molecule has 5 N–H and O–H groups in total. The molecule has 0 aliphatic heterocycles. The third-order valence-electron chi connectivity index (χ3n) is 7.29. The SMILES string of the molecule is CC(C)CCC(C)N(C(=O)C(CC(N)=O)NC(=O)OC(C)(C)C)C(C(=O)NC(Cc1ccccc1)C(=O)OC(C)(C)C)c1cccc(O)c1. The lowest BCUT2D eigenvalue weighted by Gasteiger charge is -2.39. The highest BCUT2D eigenvalue weighted by Crippen LogP contribution is 2.30. The van der Waals surface area contributed by atoms with Gasteiger partial charge in [-0.2, -0.15) is 0 Å². The largest absolute Gasteiger partial charge is 0.508 e. The predicted octanol–water partition coefficient (Wildman–Crippen LogP) is 4.92. The number of ether oxygens (including phenoxy) is 2. The highest BCUT2D eigenvalue weighted by atomic mass is 16.6. The number of hydrogen-bond acceptors (Lipinski definition) is 8. The number of benzene rings is 2. The molecule has 0 heterocycles. The number of rotatable bonds is 15. The van der Waals surface area contributed by atoms with Crippen LogP contribution >= 0.6 is 0 Å².